The second-order valence-electron chi connectivity index (χ2n) is 4.44. The summed E-state index contributed by atoms with van der Waals surface area (Å²) in [5, 5.41) is 11.8. The van der Waals surface area contributed by atoms with Gasteiger partial charge in [-0.25, -0.2) is 4.98 Å². The van der Waals surface area contributed by atoms with Gasteiger partial charge in [0.15, 0.2) is 0 Å². The van der Waals surface area contributed by atoms with Crippen LogP contribution in [0.3, 0.4) is 0 Å². The maximum Gasteiger partial charge on any atom is 0.126 e. The Bertz CT molecular complexity index is 796. The fourth-order valence-electron chi connectivity index (χ4n) is 2.05. The maximum atomic E-state index is 10.2. The molecule has 0 amide bonds. The van der Waals surface area contributed by atoms with Gasteiger partial charge in [0.1, 0.15) is 5.76 Å². The van der Waals surface area contributed by atoms with E-state index in [1.165, 1.54) is 0 Å². The molecule has 2 nitrogen and oxygen atoms in total. The Kier molecular flexibility index (Phi) is 3.40. The van der Waals surface area contributed by atoms with E-state index in [4.69, 9.17) is 11.6 Å². The minimum Gasteiger partial charge on any atom is -0.507 e. The minimum absolute atomic E-state index is 0.110. The molecule has 0 aliphatic heterocycles. The van der Waals surface area contributed by atoms with Gasteiger partial charge in [-0.05, 0) is 24.3 Å². The van der Waals surface area contributed by atoms with Crippen molar-refractivity contribution in [2.45, 2.75) is 0 Å². The van der Waals surface area contributed by atoms with Crippen LogP contribution >= 0.6 is 11.6 Å². The van der Waals surface area contributed by atoms with Crippen LogP contribution in [0.15, 0.2) is 60.7 Å². The quantitative estimate of drug-likeness (QED) is 0.675. The molecule has 1 heterocycles. The highest BCUT2D eigenvalue weighted by atomic mass is 35.5. The molecule has 0 aliphatic rings. The van der Waals surface area contributed by atoms with E-state index in [1.807, 2.05) is 48.5 Å². The Balaban J connectivity index is 2.03. The summed E-state index contributed by atoms with van der Waals surface area (Å²) in [5.41, 5.74) is 2.19. The average molecular weight is 282 g/mol. The summed E-state index contributed by atoms with van der Waals surface area (Å²) in [7, 11) is 0. The van der Waals surface area contributed by atoms with Gasteiger partial charge in [-0.3, -0.25) is 0 Å². The minimum atomic E-state index is 0.110. The van der Waals surface area contributed by atoms with Crippen molar-refractivity contribution in [1.82, 2.24) is 4.98 Å². The molecule has 2 aromatic carbocycles. The summed E-state index contributed by atoms with van der Waals surface area (Å²) in [5.74, 6) is 0.110. The molecule has 0 aliphatic carbocycles. The number of fused-ring (bicyclic) bond motifs is 1. The third-order valence-electron chi connectivity index (χ3n) is 3.05. The van der Waals surface area contributed by atoms with Crippen LogP contribution in [0.25, 0.3) is 22.7 Å². The zero-order valence-electron chi connectivity index (χ0n) is 10.6. The second-order valence-corrected chi connectivity index (χ2v) is 4.85. The molecule has 3 heteroatoms. The lowest BCUT2D eigenvalue weighted by Gasteiger charge is -2.03. The number of halogens is 1. The highest BCUT2D eigenvalue weighted by Gasteiger charge is 2.04. The summed E-state index contributed by atoms with van der Waals surface area (Å²) in [6.07, 6.45) is 1.62. The fraction of sp³-hybridized carbons (Fsp3) is 0. The average Bonchev–Trinajstić information content (AvgIpc) is 2.47. The molecule has 0 radical (unpaired) electrons. The monoisotopic (exact) mass is 281 g/mol. The van der Waals surface area contributed by atoms with Gasteiger partial charge in [0.25, 0.3) is 0 Å². The van der Waals surface area contributed by atoms with E-state index in [0.29, 0.717) is 16.3 Å². The number of pyridine rings is 1. The molecule has 1 N–H and O–H groups in total. The highest BCUT2D eigenvalue weighted by Crippen LogP contribution is 2.23. The van der Waals surface area contributed by atoms with Gasteiger partial charge in [0.2, 0.25) is 0 Å². The number of aromatic nitrogens is 1. The number of rotatable bonds is 2. The van der Waals surface area contributed by atoms with Gasteiger partial charge in [-0.1, -0.05) is 48.0 Å². The van der Waals surface area contributed by atoms with Gasteiger partial charge in [-0.15, -0.1) is 0 Å². The third-order valence-corrected chi connectivity index (χ3v) is 3.38. The topological polar surface area (TPSA) is 33.1 Å². The van der Waals surface area contributed by atoms with Crippen LogP contribution in [0.2, 0.25) is 5.02 Å². The predicted octanol–water partition coefficient (Wildman–Crippen LogP) is 4.94. The van der Waals surface area contributed by atoms with E-state index < -0.39 is 0 Å². The largest absolute Gasteiger partial charge is 0.507 e. The smallest absolute Gasteiger partial charge is 0.126 e. The third kappa shape index (κ3) is 2.51. The molecule has 1 aromatic heterocycles. The molecule has 3 rings (SSSR count). The second kappa shape index (κ2) is 5.35. The maximum absolute atomic E-state index is 10.2. The van der Waals surface area contributed by atoms with Gasteiger partial charge in [0, 0.05) is 17.0 Å². The van der Waals surface area contributed by atoms with Crippen LogP contribution in [0.1, 0.15) is 11.3 Å². The molecule has 3 aromatic rings. The molecule has 0 bridgehead atoms. The molecule has 20 heavy (non-hydrogen) atoms. The van der Waals surface area contributed by atoms with Crippen molar-refractivity contribution in [1.29, 1.82) is 0 Å². The van der Waals surface area contributed by atoms with Crippen molar-refractivity contribution in [2.24, 2.45) is 0 Å². The van der Waals surface area contributed by atoms with E-state index >= 15 is 0 Å². The first-order valence-electron chi connectivity index (χ1n) is 6.25. The van der Waals surface area contributed by atoms with Crippen molar-refractivity contribution >= 4 is 34.3 Å². The van der Waals surface area contributed by atoms with Gasteiger partial charge < -0.3 is 5.11 Å². The fourth-order valence-corrected chi connectivity index (χ4v) is 2.28. The molecule has 0 atom stereocenters. The Labute approximate surface area is 122 Å². The van der Waals surface area contributed by atoms with Crippen LogP contribution < -0.4 is 0 Å². The molecule has 0 saturated heterocycles. The van der Waals surface area contributed by atoms with Crippen LogP contribution in [0.5, 0.6) is 0 Å². The summed E-state index contributed by atoms with van der Waals surface area (Å²) >= 11 is 6.06. The normalized spacial score (nSPS) is 11.8. The van der Waals surface area contributed by atoms with Gasteiger partial charge in [0.05, 0.1) is 16.2 Å². The molecular formula is C17H12ClNO. The Morgan fingerprint density at radius 3 is 2.55 bits per heavy atom. The standard InChI is InChI=1S/C17H12ClNO/c18-15-7-3-2-6-14(15)17(20)11-13-10-9-12-5-1-4-8-16(12)19-13/h1-11,20H/b17-11-. The molecule has 98 valence electrons. The van der Waals surface area contributed by atoms with Gasteiger partial charge >= 0.3 is 0 Å². The number of nitrogens with zero attached hydrogens (tertiary/aromatic N) is 1. The number of hydrogen-bond donors (Lipinski definition) is 1. The molecular weight excluding hydrogens is 270 g/mol. The summed E-state index contributed by atoms with van der Waals surface area (Å²) in [4.78, 5) is 4.49. The first kappa shape index (κ1) is 12.7. The van der Waals surface area contributed by atoms with E-state index in [-0.39, 0.29) is 5.76 Å². The van der Waals surface area contributed by atoms with Crippen molar-refractivity contribution in [2.75, 3.05) is 0 Å². The zero-order valence-corrected chi connectivity index (χ0v) is 11.4. The van der Waals surface area contributed by atoms with Crippen molar-refractivity contribution < 1.29 is 5.11 Å². The lowest BCUT2D eigenvalue weighted by atomic mass is 10.1. The van der Waals surface area contributed by atoms with Crippen molar-refractivity contribution in [3.8, 4) is 0 Å². The van der Waals surface area contributed by atoms with E-state index in [9.17, 15) is 5.11 Å². The zero-order chi connectivity index (χ0) is 13.9. The first-order chi connectivity index (χ1) is 9.74. The number of aliphatic hydroxyl groups is 1. The van der Waals surface area contributed by atoms with E-state index in [1.54, 1.807) is 18.2 Å². The van der Waals surface area contributed by atoms with Crippen LogP contribution in [0, 0.1) is 0 Å². The number of para-hydroxylation sites is 1. The summed E-state index contributed by atoms with van der Waals surface area (Å²) < 4.78 is 0. The Morgan fingerprint density at radius 1 is 0.950 bits per heavy atom. The Morgan fingerprint density at radius 2 is 1.70 bits per heavy atom. The number of aliphatic hydroxyl groups excluding tert-OH is 1. The lowest BCUT2D eigenvalue weighted by molar-refractivity contribution is 0.515. The lowest BCUT2D eigenvalue weighted by Crippen LogP contribution is -1.87. The van der Waals surface area contributed by atoms with Crippen LogP contribution in [-0.4, -0.2) is 10.1 Å². The van der Waals surface area contributed by atoms with E-state index in [0.717, 1.165) is 10.9 Å². The molecule has 0 unspecified atom stereocenters. The number of hydrogen-bond acceptors (Lipinski definition) is 2. The number of benzene rings is 2. The highest BCUT2D eigenvalue weighted by molar-refractivity contribution is 6.32. The SMILES string of the molecule is O/C(=C\c1ccc2ccccc2n1)c1ccccc1Cl. The molecule has 0 spiro atoms. The summed E-state index contributed by atoms with van der Waals surface area (Å²) in [6, 6.07) is 18.9. The Hall–Kier alpha value is -2.32. The van der Waals surface area contributed by atoms with Crippen LogP contribution in [-0.2, 0) is 0 Å². The molecule has 0 saturated carbocycles. The van der Waals surface area contributed by atoms with Crippen molar-refractivity contribution in [3.63, 3.8) is 0 Å². The first-order valence-corrected chi connectivity index (χ1v) is 6.63. The van der Waals surface area contributed by atoms with Crippen molar-refractivity contribution in [3.05, 3.63) is 76.9 Å². The van der Waals surface area contributed by atoms with Gasteiger partial charge in [-0.2, -0.15) is 0 Å². The predicted molar refractivity (Wildman–Crippen MR) is 83.7 cm³/mol. The molecule has 0 fully saturated rings. The summed E-state index contributed by atoms with van der Waals surface area (Å²) in [6.45, 7) is 0. The van der Waals surface area contributed by atoms with E-state index in [2.05, 4.69) is 4.98 Å². The van der Waals surface area contributed by atoms with Crippen LogP contribution in [0.4, 0.5) is 0 Å².